The lowest BCUT2D eigenvalue weighted by molar-refractivity contribution is -0.121. The van der Waals surface area contributed by atoms with Crippen molar-refractivity contribution >= 4 is 35.0 Å². The number of likely N-dealkylation sites (N-methyl/N-ethyl adjacent to an activating group) is 1. The van der Waals surface area contributed by atoms with E-state index in [2.05, 4.69) is 5.32 Å². The van der Waals surface area contributed by atoms with Crippen molar-refractivity contribution in [2.75, 3.05) is 29.6 Å². The Morgan fingerprint density at radius 2 is 2.04 bits per heavy atom. The molecule has 1 aliphatic heterocycles. The Hall–Kier alpha value is -2.47. The van der Waals surface area contributed by atoms with Crippen LogP contribution in [0.1, 0.15) is 0 Å². The first kappa shape index (κ1) is 15.4. The molecule has 2 amide bonds. The van der Waals surface area contributed by atoms with Crippen LogP contribution in [-0.2, 0) is 9.59 Å². The number of carbonyl (C=O) groups excluding carboxylic acids is 2. The minimum atomic E-state index is -0.0893. The summed E-state index contributed by atoms with van der Waals surface area (Å²) < 4.78 is 5.41. The van der Waals surface area contributed by atoms with E-state index in [0.717, 1.165) is 4.90 Å². The standard InChI is InChI=1S/C17H16N2O3S/c1-19-14-8-7-12(9-15(14)22-10-17(19)21)18-16(20)11-23-13-5-3-2-4-6-13/h2-9H,10-11H2,1H3,(H,18,20). The number of benzene rings is 2. The molecule has 0 spiro atoms. The van der Waals surface area contributed by atoms with Crippen molar-refractivity contribution in [1.82, 2.24) is 0 Å². The fraction of sp³-hybridized carbons (Fsp3) is 0.176. The highest BCUT2D eigenvalue weighted by Crippen LogP contribution is 2.33. The number of amides is 2. The number of carbonyl (C=O) groups is 2. The molecule has 118 valence electrons. The predicted molar refractivity (Wildman–Crippen MR) is 91.1 cm³/mol. The lowest BCUT2D eigenvalue weighted by Gasteiger charge is -2.26. The van der Waals surface area contributed by atoms with Crippen LogP contribution >= 0.6 is 11.8 Å². The second kappa shape index (κ2) is 6.75. The third-order valence-corrected chi connectivity index (χ3v) is 4.46. The molecule has 23 heavy (non-hydrogen) atoms. The first-order chi connectivity index (χ1) is 11.1. The minimum absolute atomic E-state index is 0.0186. The molecule has 0 aliphatic carbocycles. The van der Waals surface area contributed by atoms with Gasteiger partial charge < -0.3 is 15.0 Å². The first-order valence-corrected chi connectivity index (χ1v) is 8.13. The van der Waals surface area contributed by atoms with Crippen LogP contribution in [0.5, 0.6) is 5.75 Å². The molecule has 0 saturated heterocycles. The third kappa shape index (κ3) is 3.65. The van der Waals surface area contributed by atoms with E-state index in [-0.39, 0.29) is 18.4 Å². The molecule has 3 rings (SSSR count). The molecular weight excluding hydrogens is 312 g/mol. The average molecular weight is 328 g/mol. The molecule has 0 radical (unpaired) electrons. The number of fused-ring (bicyclic) bond motifs is 1. The maximum Gasteiger partial charge on any atom is 0.264 e. The van der Waals surface area contributed by atoms with E-state index >= 15 is 0 Å². The molecule has 0 saturated carbocycles. The average Bonchev–Trinajstić information content (AvgIpc) is 2.57. The molecule has 1 heterocycles. The Balaban J connectivity index is 1.62. The number of rotatable bonds is 4. The van der Waals surface area contributed by atoms with Gasteiger partial charge in [0, 0.05) is 23.7 Å². The van der Waals surface area contributed by atoms with Crippen LogP contribution < -0.4 is 15.0 Å². The van der Waals surface area contributed by atoms with Crippen molar-refractivity contribution < 1.29 is 14.3 Å². The van der Waals surface area contributed by atoms with Gasteiger partial charge in [-0.2, -0.15) is 0 Å². The van der Waals surface area contributed by atoms with Crippen molar-refractivity contribution in [3.05, 3.63) is 48.5 Å². The molecule has 0 bridgehead atoms. The zero-order chi connectivity index (χ0) is 16.2. The molecule has 2 aromatic rings. The van der Waals surface area contributed by atoms with Crippen molar-refractivity contribution in [1.29, 1.82) is 0 Å². The van der Waals surface area contributed by atoms with Gasteiger partial charge in [-0.15, -0.1) is 11.8 Å². The van der Waals surface area contributed by atoms with E-state index in [0.29, 0.717) is 22.9 Å². The fourth-order valence-electron chi connectivity index (χ4n) is 2.22. The van der Waals surface area contributed by atoms with Crippen molar-refractivity contribution in [2.24, 2.45) is 0 Å². The summed E-state index contributed by atoms with van der Waals surface area (Å²) in [4.78, 5) is 26.2. The van der Waals surface area contributed by atoms with Gasteiger partial charge in [-0.25, -0.2) is 0 Å². The molecule has 0 aromatic heterocycles. The van der Waals surface area contributed by atoms with E-state index < -0.39 is 0 Å². The predicted octanol–water partition coefficient (Wildman–Crippen LogP) is 2.77. The summed E-state index contributed by atoms with van der Waals surface area (Å²) in [6.45, 7) is 0.0186. The molecule has 5 nitrogen and oxygen atoms in total. The van der Waals surface area contributed by atoms with Gasteiger partial charge in [-0.3, -0.25) is 9.59 Å². The SMILES string of the molecule is CN1C(=O)COc2cc(NC(=O)CSc3ccccc3)ccc21. The number of hydrogen-bond acceptors (Lipinski definition) is 4. The second-order valence-corrected chi connectivity index (χ2v) is 6.12. The van der Waals surface area contributed by atoms with Gasteiger partial charge in [0.05, 0.1) is 11.4 Å². The Morgan fingerprint density at radius 1 is 1.26 bits per heavy atom. The summed E-state index contributed by atoms with van der Waals surface area (Å²) in [5.41, 5.74) is 1.36. The highest BCUT2D eigenvalue weighted by Gasteiger charge is 2.22. The smallest absolute Gasteiger partial charge is 0.264 e. The maximum absolute atomic E-state index is 12.0. The van der Waals surface area contributed by atoms with Crippen molar-refractivity contribution in [3.8, 4) is 5.75 Å². The molecule has 1 N–H and O–H groups in total. The van der Waals surface area contributed by atoms with Gasteiger partial charge in [0.1, 0.15) is 5.75 Å². The zero-order valence-corrected chi connectivity index (χ0v) is 13.4. The van der Waals surface area contributed by atoms with Gasteiger partial charge in [0.15, 0.2) is 6.61 Å². The Bertz CT molecular complexity index is 734. The largest absolute Gasteiger partial charge is 0.481 e. The molecule has 0 atom stereocenters. The van der Waals surface area contributed by atoms with E-state index in [9.17, 15) is 9.59 Å². The molecule has 6 heteroatoms. The summed E-state index contributed by atoms with van der Waals surface area (Å²) >= 11 is 1.48. The van der Waals surface area contributed by atoms with Crippen molar-refractivity contribution in [2.45, 2.75) is 4.90 Å². The molecule has 1 aliphatic rings. The second-order valence-electron chi connectivity index (χ2n) is 5.07. The first-order valence-electron chi connectivity index (χ1n) is 7.14. The number of nitrogens with zero attached hydrogens (tertiary/aromatic N) is 1. The van der Waals surface area contributed by atoms with E-state index in [1.165, 1.54) is 11.8 Å². The monoisotopic (exact) mass is 328 g/mol. The topological polar surface area (TPSA) is 58.6 Å². The summed E-state index contributed by atoms with van der Waals surface area (Å²) in [5.74, 6) is 0.758. The maximum atomic E-state index is 12.0. The van der Waals surface area contributed by atoms with Gasteiger partial charge in [-0.05, 0) is 24.3 Å². The van der Waals surface area contributed by atoms with Crippen LogP contribution in [0.3, 0.4) is 0 Å². The summed E-state index contributed by atoms with van der Waals surface area (Å²) in [6, 6.07) is 15.0. The van der Waals surface area contributed by atoms with E-state index in [1.54, 1.807) is 30.1 Å². The molecule has 2 aromatic carbocycles. The Kier molecular flexibility index (Phi) is 4.52. The Morgan fingerprint density at radius 3 is 2.83 bits per heavy atom. The number of anilines is 2. The summed E-state index contributed by atoms with van der Waals surface area (Å²) in [6.07, 6.45) is 0. The fourth-order valence-corrected chi connectivity index (χ4v) is 2.94. The van der Waals surface area contributed by atoms with Crippen LogP contribution in [0, 0.1) is 0 Å². The highest BCUT2D eigenvalue weighted by atomic mass is 32.2. The lowest BCUT2D eigenvalue weighted by Crippen LogP contribution is -2.35. The normalized spacial score (nSPS) is 13.3. The Labute approximate surface area is 138 Å². The van der Waals surface area contributed by atoms with Gasteiger partial charge >= 0.3 is 0 Å². The van der Waals surface area contributed by atoms with Gasteiger partial charge in [-0.1, -0.05) is 18.2 Å². The number of ether oxygens (including phenoxy) is 1. The van der Waals surface area contributed by atoms with Crippen LogP contribution in [0.15, 0.2) is 53.4 Å². The minimum Gasteiger partial charge on any atom is -0.481 e. The lowest BCUT2D eigenvalue weighted by atomic mass is 10.2. The van der Waals surface area contributed by atoms with Crippen molar-refractivity contribution in [3.63, 3.8) is 0 Å². The quantitative estimate of drug-likeness (QED) is 0.877. The molecule has 0 unspecified atom stereocenters. The number of hydrogen-bond donors (Lipinski definition) is 1. The molecule has 0 fully saturated rings. The molecular formula is C17H16N2O3S. The number of nitrogens with one attached hydrogen (secondary N) is 1. The zero-order valence-electron chi connectivity index (χ0n) is 12.6. The van der Waals surface area contributed by atoms with Crippen LogP contribution in [0.2, 0.25) is 0 Å². The van der Waals surface area contributed by atoms with Crippen LogP contribution in [0.25, 0.3) is 0 Å². The van der Waals surface area contributed by atoms with Crippen LogP contribution in [0.4, 0.5) is 11.4 Å². The van der Waals surface area contributed by atoms with Crippen LogP contribution in [-0.4, -0.2) is 31.2 Å². The van der Waals surface area contributed by atoms with Gasteiger partial charge in [0.25, 0.3) is 5.91 Å². The summed E-state index contributed by atoms with van der Waals surface area (Å²) in [7, 11) is 1.71. The summed E-state index contributed by atoms with van der Waals surface area (Å²) in [5, 5.41) is 2.85. The highest BCUT2D eigenvalue weighted by molar-refractivity contribution is 8.00. The number of thioether (sulfide) groups is 1. The third-order valence-electron chi connectivity index (χ3n) is 3.44. The van der Waals surface area contributed by atoms with E-state index in [1.807, 2.05) is 30.3 Å². The van der Waals surface area contributed by atoms with Gasteiger partial charge in [0.2, 0.25) is 5.91 Å². The van der Waals surface area contributed by atoms with E-state index in [4.69, 9.17) is 4.74 Å².